The van der Waals surface area contributed by atoms with E-state index in [0.717, 1.165) is 52.4 Å². The highest BCUT2D eigenvalue weighted by Gasteiger charge is 2.23. The third-order valence-corrected chi connectivity index (χ3v) is 23.9. The highest BCUT2D eigenvalue weighted by molar-refractivity contribution is 14.1. The van der Waals surface area contributed by atoms with Gasteiger partial charge in [-0.2, -0.15) is 0 Å². The first-order valence-electron chi connectivity index (χ1n) is 39.0. The maximum atomic E-state index is 10.1. The van der Waals surface area contributed by atoms with E-state index in [1.54, 1.807) is 6.07 Å². The lowest BCUT2D eigenvalue weighted by Crippen LogP contribution is -2.31. The Bertz CT molecular complexity index is 7420. The van der Waals surface area contributed by atoms with Crippen molar-refractivity contribution in [1.82, 2.24) is 0 Å². The van der Waals surface area contributed by atoms with Crippen molar-refractivity contribution >= 4 is 209 Å². The zero-order valence-corrected chi connectivity index (χ0v) is 68.7. The van der Waals surface area contributed by atoms with Gasteiger partial charge in [-0.25, -0.2) is 0 Å². The summed E-state index contributed by atoms with van der Waals surface area (Å²) in [7, 11) is -2.93. The smallest absolute Gasteiger partial charge is 0.423 e. The van der Waals surface area contributed by atoms with Crippen molar-refractivity contribution in [3.05, 3.63) is 431 Å². The van der Waals surface area contributed by atoms with E-state index in [1.165, 1.54) is 145 Å². The first-order valence-corrected chi connectivity index (χ1v) is 41.7. The molecule has 0 radical (unpaired) electrons. The number of hydrogen-bond acceptors (Lipinski definition) is 4. The molecule has 0 unspecified atom stereocenters. The molecule has 22 aromatic carbocycles. The summed E-state index contributed by atoms with van der Waals surface area (Å²) in [6.45, 7) is 0. The molecule has 4 N–H and O–H groups in total. The van der Waals surface area contributed by atoms with Crippen molar-refractivity contribution in [3.63, 3.8) is 0 Å². The second kappa shape index (κ2) is 33.8. The summed E-state index contributed by atoms with van der Waals surface area (Å²) < 4.78 is 3.51. The zero-order valence-electron chi connectivity index (χ0n) is 63.4. The van der Waals surface area contributed by atoms with Crippen molar-refractivity contribution < 1.29 is 20.1 Å². The standard InChI is InChI=1S/C44H28.C24H17BO2.C20H13Br.C14H11BO2.C6H4BrI/c1-2-12-31-27-36(23-20-29(31)10-1)44-41-18-7-5-16-39(41)43(40-17-6-8-19-42(40)44)35-14-9-13-32(28-35)33-24-25-38-34(26-33)22-21-30-11-3-4-15-37(30)38;26-25(27)24-21-11-5-3-9-19(21)23(20-10-4-6-12-22(20)24)18-14-13-16-7-1-2-8-17(16)15-18;21-18-6-3-5-15(13-18)16-10-11-20-17(12-16)9-8-14-4-1-2-7-19(14)20;16-15(17)12-7-8-14-11(9-12)6-5-10-3-1-2-4-13(10)14;7-5-2-1-3-6(8)4-5/h1-28H;1-15,26-27H;1-13H;1-9,16-17H;1-4H. The van der Waals surface area contributed by atoms with Crippen molar-refractivity contribution in [3.8, 4) is 55.6 Å². The average molecular weight is 1740 g/mol. The van der Waals surface area contributed by atoms with Gasteiger partial charge in [0, 0.05) is 12.5 Å². The van der Waals surface area contributed by atoms with E-state index >= 15 is 0 Å². The molecule has 0 aliphatic carbocycles. The molecule has 0 saturated carbocycles. The fourth-order valence-corrected chi connectivity index (χ4v) is 18.5. The molecule has 0 amide bonds. The van der Waals surface area contributed by atoms with Crippen molar-refractivity contribution in [2.45, 2.75) is 0 Å². The number of fused-ring (bicyclic) bond motifs is 15. The predicted molar refractivity (Wildman–Crippen MR) is 517 cm³/mol. The lowest BCUT2D eigenvalue weighted by Gasteiger charge is -2.18. The van der Waals surface area contributed by atoms with Crippen LogP contribution in [0.4, 0.5) is 0 Å². The second-order valence-corrected chi connectivity index (χ2v) is 32.4. The van der Waals surface area contributed by atoms with E-state index < -0.39 is 14.2 Å². The third kappa shape index (κ3) is 15.8. The summed E-state index contributed by atoms with van der Waals surface area (Å²) in [5, 5.41) is 67.1. The monoisotopic (exact) mass is 1740 g/mol. The summed E-state index contributed by atoms with van der Waals surface area (Å²) >= 11 is 9.17. The zero-order chi connectivity index (χ0) is 79.5. The van der Waals surface area contributed by atoms with Gasteiger partial charge in [-0.3, -0.25) is 0 Å². The Kier molecular flexibility index (Phi) is 22.0. The first-order chi connectivity index (χ1) is 57.4. The molecular formula is C108H73B2Br2IO4. The van der Waals surface area contributed by atoms with Crippen molar-refractivity contribution in [2.75, 3.05) is 0 Å². The summed E-state index contributed by atoms with van der Waals surface area (Å²) in [4.78, 5) is 0. The quantitative estimate of drug-likeness (QED) is 0.0555. The summed E-state index contributed by atoms with van der Waals surface area (Å²) in [6, 6.07) is 147. The van der Waals surface area contributed by atoms with Gasteiger partial charge in [0.2, 0.25) is 0 Å². The molecule has 0 aliphatic heterocycles. The summed E-state index contributed by atoms with van der Waals surface area (Å²) in [6.07, 6.45) is 0. The largest absolute Gasteiger partial charge is 0.489 e. The van der Waals surface area contributed by atoms with Crippen LogP contribution in [0.5, 0.6) is 0 Å². The van der Waals surface area contributed by atoms with Gasteiger partial charge in [-0.05, 0) is 279 Å². The molecule has 0 bridgehead atoms. The predicted octanol–water partition coefficient (Wildman–Crippen LogP) is 28.1. The van der Waals surface area contributed by atoms with Gasteiger partial charge in [0.25, 0.3) is 0 Å². The molecule has 0 fully saturated rings. The molecule has 556 valence electrons. The van der Waals surface area contributed by atoms with Gasteiger partial charge in [0.05, 0.1) is 0 Å². The van der Waals surface area contributed by atoms with E-state index in [4.69, 9.17) is 10.0 Å². The highest BCUT2D eigenvalue weighted by atomic mass is 127. The number of hydrogen-bond donors (Lipinski definition) is 4. The molecule has 9 heteroatoms. The van der Waals surface area contributed by atoms with Crippen molar-refractivity contribution in [2.24, 2.45) is 0 Å². The molecule has 117 heavy (non-hydrogen) atoms. The minimum Gasteiger partial charge on any atom is -0.423 e. The Balaban J connectivity index is 0.000000111. The van der Waals surface area contributed by atoms with Crippen LogP contribution in [0.25, 0.3) is 185 Å². The van der Waals surface area contributed by atoms with Gasteiger partial charge in [0.1, 0.15) is 0 Å². The minimum absolute atomic E-state index is 0.521. The van der Waals surface area contributed by atoms with Crippen LogP contribution in [-0.4, -0.2) is 34.3 Å². The Morgan fingerprint density at radius 2 is 0.453 bits per heavy atom. The normalized spacial score (nSPS) is 11.2. The lowest BCUT2D eigenvalue weighted by atomic mass is 9.72. The van der Waals surface area contributed by atoms with Crippen LogP contribution in [0.2, 0.25) is 0 Å². The maximum Gasteiger partial charge on any atom is 0.489 e. The average Bonchev–Trinajstić information content (AvgIpc) is 0.739. The van der Waals surface area contributed by atoms with E-state index in [2.05, 4.69) is 370 Å². The summed E-state index contributed by atoms with van der Waals surface area (Å²) in [5.74, 6) is 0. The van der Waals surface area contributed by atoms with Crippen LogP contribution in [0.3, 0.4) is 0 Å². The Morgan fingerprint density at radius 1 is 0.179 bits per heavy atom. The summed E-state index contributed by atoms with van der Waals surface area (Å²) in [5.41, 5.74) is 13.3. The van der Waals surface area contributed by atoms with E-state index in [1.807, 2.05) is 97.1 Å². The van der Waals surface area contributed by atoms with Gasteiger partial charge >= 0.3 is 14.2 Å². The fourth-order valence-electron chi connectivity index (χ4n) is 16.8. The molecule has 0 atom stereocenters. The van der Waals surface area contributed by atoms with E-state index in [9.17, 15) is 10.0 Å². The molecule has 0 aliphatic rings. The van der Waals surface area contributed by atoms with Crippen LogP contribution >= 0.6 is 54.5 Å². The lowest BCUT2D eigenvalue weighted by molar-refractivity contribution is 0.425. The Hall–Kier alpha value is -12.4. The molecule has 22 rings (SSSR count). The number of rotatable bonds is 7. The molecule has 0 spiro atoms. The van der Waals surface area contributed by atoms with E-state index in [-0.39, 0.29) is 0 Å². The number of halogens is 3. The first kappa shape index (κ1) is 75.9. The Morgan fingerprint density at radius 3 is 0.846 bits per heavy atom. The fraction of sp³-hybridized carbons (Fsp3) is 0. The molecule has 0 saturated heterocycles. The van der Waals surface area contributed by atoms with Gasteiger partial charge < -0.3 is 20.1 Å². The highest BCUT2D eigenvalue weighted by Crippen LogP contribution is 2.46. The SMILES string of the molecule is Brc1cccc(-c2ccc3c(ccc4ccccc43)c2)c1.Brc1cccc(I)c1.OB(O)c1c2ccccc2c(-c2ccc3ccccc3c2)c2ccccc12.OB(O)c1ccc2c(ccc3ccccc32)c1.c1cc(-c2ccc3c(ccc4ccccc43)c2)cc(-c2c3ccccc3c(-c3ccc4ccccc4c3)c3ccccc23)c1. The van der Waals surface area contributed by atoms with Crippen LogP contribution in [-0.2, 0) is 0 Å². The molecular weight excluding hydrogens is 1670 g/mol. The molecule has 0 heterocycles. The number of benzene rings is 22. The van der Waals surface area contributed by atoms with Crippen LogP contribution < -0.4 is 10.9 Å². The van der Waals surface area contributed by atoms with Gasteiger partial charge in [0.15, 0.2) is 0 Å². The van der Waals surface area contributed by atoms with Gasteiger partial charge in [-0.1, -0.05) is 390 Å². The molecule has 4 nitrogen and oxygen atoms in total. The molecule has 22 aromatic rings. The van der Waals surface area contributed by atoms with Crippen molar-refractivity contribution in [1.29, 1.82) is 0 Å². The van der Waals surface area contributed by atoms with Gasteiger partial charge in [-0.15, -0.1) is 0 Å². The molecule has 0 aromatic heterocycles. The second-order valence-electron chi connectivity index (χ2n) is 29.3. The van der Waals surface area contributed by atoms with Crippen LogP contribution in [0, 0.1) is 3.57 Å². The third-order valence-electron chi connectivity index (χ3n) is 22.2. The Labute approximate surface area is 709 Å². The topological polar surface area (TPSA) is 80.9 Å². The minimum atomic E-state index is -1.52. The maximum absolute atomic E-state index is 10.1. The van der Waals surface area contributed by atoms with E-state index in [0.29, 0.717) is 10.9 Å². The van der Waals surface area contributed by atoms with Crippen LogP contribution in [0.1, 0.15) is 0 Å². The van der Waals surface area contributed by atoms with Crippen LogP contribution in [0.15, 0.2) is 428 Å².